The van der Waals surface area contributed by atoms with E-state index in [0.29, 0.717) is 13.0 Å². The molecule has 0 fully saturated rings. The molecule has 0 aliphatic carbocycles. The lowest BCUT2D eigenvalue weighted by Gasteiger charge is -2.04. The van der Waals surface area contributed by atoms with Crippen LogP contribution < -0.4 is 0 Å². The molecule has 0 aliphatic heterocycles. The van der Waals surface area contributed by atoms with Gasteiger partial charge in [-0.2, -0.15) is 0 Å². The number of hydrogen-bond donors (Lipinski definition) is 0. The maximum Gasteiger partial charge on any atom is 0.305 e. The first kappa shape index (κ1) is 16.9. The molecular formula is C16H28O2. The van der Waals surface area contributed by atoms with Gasteiger partial charge in [-0.3, -0.25) is 4.79 Å². The molecule has 0 aromatic rings. The number of carbonyl (C=O) groups is 1. The molecule has 104 valence electrons. The maximum absolute atomic E-state index is 11.3. The highest BCUT2D eigenvalue weighted by Gasteiger charge is 2.02. The van der Waals surface area contributed by atoms with Crippen LogP contribution in [0.3, 0.4) is 0 Å². The molecule has 0 unspecified atom stereocenters. The first-order valence-electron chi connectivity index (χ1n) is 7.07. The quantitative estimate of drug-likeness (QED) is 0.283. The summed E-state index contributed by atoms with van der Waals surface area (Å²) < 4.78 is 5.10. The van der Waals surface area contributed by atoms with E-state index in [0.717, 1.165) is 31.3 Å². The molecule has 0 aromatic carbocycles. The van der Waals surface area contributed by atoms with Gasteiger partial charge in [0, 0.05) is 12.8 Å². The Balaban J connectivity index is 3.20. The number of allylic oxidation sites excluding steroid dienone is 1. The molecule has 0 aromatic heterocycles. The normalized spacial score (nSPS) is 10.1. The summed E-state index contributed by atoms with van der Waals surface area (Å²) in [4.78, 5) is 11.3. The fraction of sp³-hybridized carbons (Fsp3) is 0.688. The highest BCUT2D eigenvalue weighted by molar-refractivity contribution is 5.69. The highest BCUT2D eigenvalue weighted by Crippen LogP contribution is 2.09. The van der Waals surface area contributed by atoms with Crippen LogP contribution in [0.2, 0.25) is 0 Å². The fourth-order valence-corrected chi connectivity index (χ4v) is 1.68. The number of ether oxygens (including phenoxy) is 1. The van der Waals surface area contributed by atoms with E-state index in [2.05, 4.69) is 13.2 Å². The Morgan fingerprint density at radius 2 is 1.67 bits per heavy atom. The molecule has 0 spiro atoms. The Morgan fingerprint density at radius 1 is 1.06 bits per heavy atom. The Labute approximate surface area is 112 Å². The Hall–Kier alpha value is -1.05. The zero-order chi connectivity index (χ0) is 13.6. The number of esters is 1. The summed E-state index contributed by atoms with van der Waals surface area (Å²) in [7, 11) is 0. The van der Waals surface area contributed by atoms with Crippen LogP contribution in [0.15, 0.2) is 24.8 Å². The molecule has 0 saturated carbocycles. The third kappa shape index (κ3) is 13.0. The smallest absolute Gasteiger partial charge is 0.305 e. The molecule has 2 heteroatoms. The SMILES string of the molecule is C=CCCCCCCCCC(=O)OCCC(=C)C. The van der Waals surface area contributed by atoms with Gasteiger partial charge < -0.3 is 4.74 Å². The molecule has 2 nitrogen and oxygen atoms in total. The summed E-state index contributed by atoms with van der Waals surface area (Å²) >= 11 is 0. The van der Waals surface area contributed by atoms with Gasteiger partial charge in [0.1, 0.15) is 0 Å². The van der Waals surface area contributed by atoms with E-state index in [9.17, 15) is 4.79 Å². The van der Waals surface area contributed by atoms with Crippen molar-refractivity contribution in [2.45, 2.75) is 64.7 Å². The van der Waals surface area contributed by atoms with Crippen LogP contribution in [0.25, 0.3) is 0 Å². The standard InChI is InChI=1S/C16H28O2/c1-4-5-6-7-8-9-10-11-12-16(17)18-14-13-15(2)3/h4H,1-2,5-14H2,3H3. The number of rotatable bonds is 12. The van der Waals surface area contributed by atoms with Crippen LogP contribution in [-0.2, 0) is 9.53 Å². The van der Waals surface area contributed by atoms with Crippen LogP contribution >= 0.6 is 0 Å². The molecule has 18 heavy (non-hydrogen) atoms. The van der Waals surface area contributed by atoms with Crippen LogP contribution in [0, 0.1) is 0 Å². The topological polar surface area (TPSA) is 26.3 Å². The largest absolute Gasteiger partial charge is 0.465 e. The monoisotopic (exact) mass is 252 g/mol. The van der Waals surface area contributed by atoms with E-state index in [1.807, 2.05) is 13.0 Å². The summed E-state index contributed by atoms with van der Waals surface area (Å²) in [6, 6.07) is 0. The van der Waals surface area contributed by atoms with Crippen molar-refractivity contribution in [3.63, 3.8) is 0 Å². The lowest BCUT2D eigenvalue weighted by Crippen LogP contribution is -2.05. The van der Waals surface area contributed by atoms with Crippen molar-refractivity contribution in [3.05, 3.63) is 24.8 Å². The lowest BCUT2D eigenvalue weighted by atomic mass is 10.1. The first-order chi connectivity index (χ1) is 8.66. The second kappa shape index (κ2) is 12.4. The summed E-state index contributed by atoms with van der Waals surface area (Å²) in [6.07, 6.45) is 11.5. The third-order valence-corrected chi connectivity index (χ3v) is 2.83. The van der Waals surface area contributed by atoms with Gasteiger partial charge in [-0.1, -0.05) is 37.3 Å². The average Bonchev–Trinajstić information content (AvgIpc) is 2.32. The van der Waals surface area contributed by atoms with Crippen molar-refractivity contribution in [1.29, 1.82) is 0 Å². The predicted octanol–water partition coefficient (Wildman–Crippen LogP) is 4.80. The van der Waals surface area contributed by atoms with Crippen molar-refractivity contribution >= 4 is 5.97 Å². The minimum Gasteiger partial charge on any atom is -0.465 e. The second-order valence-corrected chi connectivity index (χ2v) is 4.88. The van der Waals surface area contributed by atoms with Gasteiger partial charge in [-0.15, -0.1) is 13.2 Å². The lowest BCUT2D eigenvalue weighted by molar-refractivity contribution is -0.143. The summed E-state index contributed by atoms with van der Waals surface area (Å²) in [5.41, 5.74) is 1.06. The Bertz CT molecular complexity index is 243. The third-order valence-electron chi connectivity index (χ3n) is 2.83. The molecule has 0 rings (SSSR count). The van der Waals surface area contributed by atoms with E-state index in [1.165, 1.54) is 25.7 Å². The second-order valence-electron chi connectivity index (χ2n) is 4.88. The molecule has 0 aliphatic rings. The van der Waals surface area contributed by atoms with Crippen molar-refractivity contribution < 1.29 is 9.53 Å². The van der Waals surface area contributed by atoms with E-state index in [-0.39, 0.29) is 5.97 Å². The Kier molecular flexibility index (Phi) is 11.7. The molecule has 0 saturated heterocycles. The summed E-state index contributed by atoms with van der Waals surface area (Å²) in [6.45, 7) is 9.90. The molecule has 0 heterocycles. The van der Waals surface area contributed by atoms with Gasteiger partial charge >= 0.3 is 5.97 Å². The molecule has 0 radical (unpaired) electrons. The van der Waals surface area contributed by atoms with E-state index in [4.69, 9.17) is 4.74 Å². The van der Waals surface area contributed by atoms with E-state index in [1.54, 1.807) is 0 Å². The zero-order valence-electron chi connectivity index (χ0n) is 11.9. The van der Waals surface area contributed by atoms with E-state index >= 15 is 0 Å². The molecule has 0 bridgehead atoms. The van der Waals surface area contributed by atoms with Crippen LogP contribution in [0.5, 0.6) is 0 Å². The van der Waals surface area contributed by atoms with Crippen LogP contribution in [0.1, 0.15) is 64.7 Å². The molecule has 0 atom stereocenters. The van der Waals surface area contributed by atoms with Gasteiger partial charge in [-0.05, 0) is 26.2 Å². The van der Waals surface area contributed by atoms with Gasteiger partial charge in [-0.25, -0.2) is 0 Å². The number of unbranched alkanes of at least 4 members (excludes halogenated alkanes) is 6. The predicted molar refractivity (Wildman–Crippen MR) is 77.5 cm³/mol. The Morgan fingerprint density at radius 3 is 2.28 bits per heavy atom. The number of hydrogen-bond acceptors (Lipinski definition) is 2. The number of carbonyl (C=O) groups excluding carboxylic acids is 1. The minimum atomic E-state index is -0.0668. The van der Waals surface area contributed by atoms with Crippen molar-refractivity contribution in [2.24, 2.45) is 0 Å². The molecule has 0 amide bonds. The van der Waals surface area contributed by atoms with E-state index < -0.39 is 0 Å². The summed E-state index contributed by atoms with van der Waals surface area (Å²) in [5.74, 6) is -0.0668. The van der Waals surface area contributed by atoms with Gasteiger partial charge in [0.2, 0.25) is 0 Å². The minimum absolute atomic E-state index is 0.0668. The van der Waals surface area contributed by atoms with Crippen LogP contribution in [-0.4, -0.2) is 12.6 Å². The van der Waals surface area contributed by atoms with Gasteiger partial charge in [0.05, 0.1) is 6.61 Å². The van der Waals surface area contributed by atoms with Crippen molar-refractivity contribution in [1.82, 2.24) is 0 Å². The zero-order valence-corrected chi connectivity index (χ0v) is 11.9. The van der Waals surface area contributed by atoms with Crippen molar-refractivity contribution in [3.8, 4) is 0 Å². The molecule has 0 N–H and O–H groups in total. The fourth-order valence-electron chi connectivity index (χ4n) is 1.68. The maximum atomic E-state index is 11.3. The van der Waals surface area contributed by atoms with Crippen LogP contribution in [0.4, 0.5) is 0 Å². The average molecular weight is 252 g/mol. The van der Waals surface area contributed by atoms with Gasteiger partial charge in [0.15, 0.2) is 0 Å². The van der Waals surface area contributed by atoms with Crippen molar-refractivity contribution in [2.75, 3.05) is 6.61 Å². The summed E-state index contributed by atoms with van der Waals surface area (Å²) in [5, 5.41) is 0. The first-order valence-corrected chi connectivity index (χ1v) is 7.07. The highest BCUT2D eigenvalue weighted by atomic mass is 16.5. The molecular weight excluding hydrogens is 224 g/mol. The van der Waals surface area contributed by atoms with Gasteiger partial charge in [0.25, 0.3) is 0 Å².